The summed E-state index contributed by atoms with van der Waals surface area (Å²) in [5, 5.41) is 6.11. The van der Waals surface area contributed by atoms with Crippen molar-refractivity contribution in [3.8, 4) is 11.5 Å². The van der Waals surface area contributed by atoms with E-state index in [1.807, 2.05) is 56.3 Å². The molecule has 1 unspecified atom stereocenters. The number of aryl methyl sites for hydroxylation is 1. The lowest BCUT2D eigenvalue weighted by molar-refractivity contribution is -0.124. The average Bonchev–Trinajstić information content (AvgIpc) is 3.33. The predicted octanol–water partition coefficient (Wildman–Crippen LogP) is 5.58. The Balaban J connectivity index is 1.33. The van der Waals surface area contributed by atoms with Gasteiger partial charge in [-0.3, -0.25) is 9.59 Å². The normalized spacial score (nSPS) is 12.0. The summed E-state index contributed by atoms with van der Waals surface area (Å²) in [6.45, 7) is 8.79. The molecule has 39 heavy (non-hydrogen) atoms. The minimum atomic E-state index is -0.354. The number of hydrogen-bond acceptors (Lipinski definition) is 5. The molecule has 3 N–H and O–H groups in total. The molecular formula is C32H36N2O5. The minimum absolute atomic E-state index is 0.0386. The average molecular weight is 529 g/mol. The van der Waals surface area contributed by atoms with Crippen LogP contribution in [-0.4, -0.2) is 31.6 Å². The number of fused-ring (bicyclic) bond motifs is 2. The van der Waals surface area contributed by atoms with Crippen LogP contribution in [0.2, 0.25) is 0 Å². The number of carbonyl (C=O) groups excluding carboxylic acids is 2. The van der Waals surface area contributed by atoms with Gasteiger partial charge in [-0.1, -0.05) is 44.2 Å². The van der Waals surface area contributed by atoms with Crippen LogP contribution in [0.15, 0.2) is 77.9 Å². The Labute approximate surface area is 229 Å². The highest BCUT2D eigenvalue weighted by Gasteiger charge is 2.13. The fourth-order valence-corrected chi connectivity index (χ4v) is 4.50. The van der Waals surface area contributed by atoms with E-state index in [-0.39, 0.29) is 23.7 Å². The van der Waals surface area contributed by atoms with E-state index in [1.165, 1.54) is 0 Å². The Morgan fingerprint density at radius 2 is 1.69 bits per heavy atom. The molecule has 0 saturated carbocycles. The molecule has 0 spiro atoms. The van der Waals surface area contributed by atoms with Crippen molar-refractivity contribution in [3.63, 3.8) is 0 Å². The fourth-order valence-electron chi connectivity index (χ4n) is 4.50. The van der Waals surface area contributed by atoms with Crippen LogP contribution in [0.1, 0.15) is 31.4 Å². The number of ether oxygens (including phenoxy) is 2. The summed E-state index contributed by atoms with van der Waals surface area (Å²) < 4.78 is 17.6. The third-order valence-corrected chi connectivity index (χ3v) is 6.78. The maximum Gasteiger partial charge on any atom is 0.224 e. The topological polar surface area (TPSA) is 104 Å². The predicted molar refractivity (Wildman–Crippen MR) is 154 cm³/mol. The van der Waals surface area contributed by atoms with Gasteiger partial charge in [-0.05, 0) is 65.9 Å². The van der Waals surface area contributed by atoms with E-state index < -0.39 is 0 Å². The third kappa shape index (κ3) is 7.19. The fraction of sp³-hybridized carbons (Fsp3) is 0.312. The lowest BCUT2D eigenvalue weighted by Gasteiger charge is -2.12. The quantitative estimate of drug-likeness (QED) is 0.164. The van der Waals surface area contributed by atoms with Crippen molar-refractivity contribution >= 4 is 33.6 Å². The molecule has 7 heteroatoms. The molecule has 1 aromatic heterocycles. The van der Waals surface area contributed by atoms with Crippen LogP contribution in [-0.2, 0) is 22.4 Å². The highest BCUT2D eigenvalue weighted by atomic mass is 16.5. The van der Waals surface area contributed by atoms with E-state index in [9.17, 15) is 9.59 Å². The highest BCUT2D eigenvalue weighted by molar-refractivity contribution is 5.87. The summed E-state index contributed by atoms with van der Waals surface area (Å²) >= 11 is 0. The van der Waals surface area contributed by atoms with Crippen LogP contribution in [0.25, 0.3) is 21.7 Å². The summed E-state index contributed by atoms with van der Waals surface area (Å²) in [6, 6.07) is 17.9. The molecular weight excluding hydrogens is 492 g/mol. The first-order valence-corrected chi connectivity index (χ1v) is 13.3. The van der Waals surface area contributed by atoms with Crippen molar-refractivity contribution in [1.29, 1.82) is 0 Å². The number of carbonyl (C=O) groups is 2. The van der Waals surface area contributed by atoms with Gasteiger partial charge in [0.25, 0.3) is 0 Å². The number of nitrogens with two attached hydrogens (primary N) is 1. The Morgan fingerprint density at radius 1 is 0.974 bits per heavy atom. The van der Waals surface area contributed by atoms with Crippen molar-refractivity contribution in [1.82, 2.24) is 5.32 Å². The first-order chi connectivity index (χ1) is 18.9. The summed E-state index contributed by atoms with van der Waals surface area (Å²) in [7, 11) is 0. The number of amides is 2. The van der Waals surface area contributed by atoms with Gasteiger partial charge >= 0.3 is 0 Å². The maximum absolute atomic E-state index is 11.8. The third-order valence-electron chi connectivity index (χ3n) is 6.78. The number of furan rings is 1. The molecule has 7 nitrogen and oxygen atoms in total. The molecule has 204 valence electrons. The molecule has 1 atom stereocenters. The standard InChI is InChI=1S/C32H36N2O5/c1-4-22(31(33)35)8-9-23-6-5-7-24-10-11-26(18-28(23)24)37-16-17-38-27-12-13-30-29(19-27)25(20-39-30)14-15-34-32(36)21(2)3/h4-7,10-13,18-22H,1,8-9,14-17H2,2-3H3,(H2,33,35)(H,34,36). The zero-order valence-corrected chi connectivity index (χ0v) is 22.6. The molecule has 1 heterocycles. The van der Waals surface area contributed by atoms with Gasteiger partial charge in [0, 0.05) is 23.4 Å². The number of benzene rings is 3. The van der Waals surface area contributed by atoms with Gasteiger partial charge in [0.2, 0.25) is 11.8 Å². The van der Waals surface area contributed by atoms with E-state index in [4.69, 9.17) is 19.6 Å². The monoisotopic (exact) mass is 528 g/mol. The Morgan fingerprint density at radius 3 is 2.38 bits per heavy atom. The molecule has 0 saturated heterocycles. The van der Waals surface area contributed by atoms with Gasteiger partial charge in [0.1, 0.15) is 30.3 Å². The van der Waals surface area contributed by atoms with Gasteiger partial charge in [-0.15, -0.1) is 6.58 Å². The summed E-state index contributed by atoms with van der Waals surface area (Å²) in [5.74, 6) is 0.784. The minimum Gasteiger partial charge on any atom is -0.490 e. The molecule has 0 aliphatic carbocycles. The Kier molecular flexibility index (Phi) is 9.26. The second kappa shape index (κ2) is 13.0. The number of rotatable bonds is 14. The van der Waals surface area contributed by atoms with Crippen LogP contribution in [0.5, 0.6) is 11.5 Å². The maximum atomic E-state index is 11.8. The van der Waals surface area contributed by atoms with Gasteiger partial charge in [-0.25, -0.2) is 0 Å². The first-order valence-electron chi connectivity index (χ1n) is 13.3. The van der Waals surface area contributed by atoms with Crippen LogP contribution < -0.4 is 20.5 Å². The van der Waals surface area contributed by atoms with E-state index in [1.54, 1.807) is 12.3 Å². The zero-order chi connectivity index (χ0) is 27.8. The molecule has 0 aliphatic rings. The second-order valence-electron chi connectivity index (χ2n) is 9.89. The summed E-state index contributed by atoms with van der Waals surface area (Å²) in [4.78, 5) is 23.4. The van der Waals surface area contributed by atoms with Crippen LogP contribution >= 0.6 is 0 Å². The van der Waals surface area contributed by atoms with Crippen LogP contribution in [0.4, 0.5) is 0 Å². The lowest BCUT2D eigenvalue weighted by Crippen LogP contribution is -2.29. The van der Waals surface area contributed by atoms with E-state index in [0.717, 1.165) is 44.4 Å². The number of primary amides is 1. The number of nitrogens with one attached hydrogen (secondary N) is 1. The molecule has 4 aromatic rings. The molecule has 2 amide bonds. The van der Waals surface area contributed by atoms with Gasteiger partial charge in [0.15, 0.2) is 0 Å². The molecule has 0 bridgehead atoms. The number of hydrogen-bond donors (Lipinski definition) is 2. The van der Waals surface area contributed by atoms with Crippen LogP contribution in [0, 0.1) is 11.8 Å². The second-order valence-corrected chi connectivity index (χ2v) is 9.89. The van der Waals surface area contributed by atoms with Crippen molar-refractivity contribution in [2.24, 2.45) is 17.6 Å². The van der Waals surface area contributed by atoms with Gasteiger partial charge < -0.3 is 24.9 Å². The Hall–Kier alpha value is -4.26. The van der Waals surface area contributed by atoms with E-state index >= 15 is 0 Å². The summed E-state index contributed by atoms with van der Waals surface area (Å²) in [5.41, 5.74) is 8.41. The van der Waals surface area contributed by atoms with Crippen LogP contribution in [0.3, 0.4) is 0 Å². The smallest absolute Gasteiger partial charge is 0.224 e. The van der Waals surface area contributed by atoms with Gasteiger partial charge in [0.05, 0.1) is 12.2 Å². The van der Waals surface area contributed by atoms with Gasteiger partial charge in [-0.2, -0.15) is 0 Å². The lowest BCUT2D eigenvalue weighted by atomic mass is 9.95. The summed E-state index contributed by atoms with van der Waals surface area (Å²) in [6.07, 6.45) is 5.36. The first kappa shape index (κ1) is 27.8. The largest absolute Gasteiger partial charge is 0.490 e. The highest BCUT2D eigenvalue weighted by Crippen LogP contribution is 2.28. The van der Waals surface area contributed by atoms with Crippen molar-refractivity contribution < 1.29 is 23.5 Å². The molecule has 0 radical (unpaired) electrons. The molecule has 0 fully saturated rings. The molecule has 3 aromatic carbocycles. The SMILES string of the molecule is C=CC(CCc1cccc2ccc(OCCOc3ccc4occ(CCNC(=O)C(C)C)c4c3)cc12)C(N)=O. The zero-order valence-electron chi connectivity index (χ0n) is 22.6. The van der Waals surface area contributed by atoms with E-state index in [0.29, 0.717) is 39.0 Å². The Bertz CT molecular complexity index is 1460. The van der Waals surface area contributed by atoms with Crippen molar-refractivity contribution in [2.75, 3.05) is 19.8 Å². The van der Waals surface area contributed by atoms with Crippen molar-refractivity contribution in [3.05, 3.63) is 84.6 Å². The molecule has 0 aliphatic heterocycles. The van der Waals surface area contributed by atoms with E-state index in [2.05, 4.69) is 24.0 Å². The molecule has 4 rings (SSSR count). The van der Waals surface area contributed by atoms with Crippen molar-refractivity contribution in [2.45, 2.75) is 33.1 Å².